The van der Waals surface area contributed by atoms with Crippen molar-refractivity contribution in [2.75, 3.05) is 13.7 Å². The van der Waals surface area contributed by atoms with Crippen LogP contribution in [0.25, 0.3) is 0 Å². The Kier molecular flexibility index (Phi) is 6.89. The Bertz CT molecular complexity index is 1020. The van der Waals surface area contributed by atoms with Crippen LogP contribution in [0.4, 0.5) is 4.39 Å². The summed E-state index contributed by atoms with van der Waals surface area (Å²) in [7, 11) is -2.27. The zero-order valence-corrected chi connectivity index (χ0v) is 17.6. The molecule has 2 aromatic rings. The second-order valence-electron chi connectivity index (χ2n) is 6.97. The summed E-state index contributed by atoms with van der Waals surface area (Å²) in [4.78, 5) is 12.7. The number of halogens is 1. The third-order valence-electron chi connectivity index (χ3n) is 4.97. The van der Waals surface area contributed by atoms with Gasteiger partial charge in [0, 0.05) is 6.04 Å². The lowest BCUT2D eigenvalue weighted by Crippen LogP contribution is -2.33. The van der Waals surface area contributed by atoms with Crippen LogP contribution in [0.3, 0.4) is 0 Å². The molecule has 1 aliphatic carbocycles. The van der Waals surface area contributed by atoms with Gasteiger partial charge in [-0.2, -0.15) is 0 Å². The van der Waals surface area contributed by atoms with Gasteiger partial charge in [0.05, 0.1) is 24.5 Å². The van der Waals surface area contributed by atoms with Crippen LogP contribution in [-0.4, -0.2) is 34.1 Å². The molecular formula is C22H24FNO5S. The molecule has 0 fully saturated rings. The van der Waals surface area contributed by atoms with E-state index in [1.54, 1.807) is 38.3 Å². The van der Waals surface area contributed by atoms with Crippen molar-refractivity contribution in [1.82, 2.24) is 4.72 Å². The summed E-state index contributed by atoms with van der Waals surface area (Å²) in [6, 6.07) is 11.3. The molecular weight excluding hydrogens is 409 g/mol. The van der Waals surface area contributed by atoms with E-state index in [9.17, 15) is 17.6 Å². The fraction of sp³-hybridized carbons (Fsp3) is 0.318. The predicted molar refractivity (Wildman–Crippen MR) is 110 cm³/mol. The predicted octanol–water partition coefficient (Wildman–Crippen LogP) is 3.40. The second-order valence-corrected chi connectivity index (χ2v) is 8.69. The minimum Gasteiger partial charge on any atom is -0.497 e. The van der Waals surface area contributed by atoms with Crippen LogP contribution in [0, 0.1) is 11.7 Å². The molecule has 0 heterocycles. The van der Waals surface area contributed by atoms with Gasteiger partial charge in [0.25, 0.3) is 0 Å². The number of carbonyl (C=O) groups excluding carboxylic acids is 1. The number of allylic oxidation sites excluding steroid dienone is 1. The second kappa shape index (κ2) is 9.40. The van der Waals surface area contributed by atoms with E-state index in [-0.39, 0.29) is 23.4 Å². The summed E-state index contributed by atoms with van der Waals surface area (Å²) in [5.74, 6) is -1.10. The van der Waals surface area contributed by atoms with Crippen LogP contribution in [0.15, 0.2) is 65.6 Å². The molecule has 0 bridgehead atoms. The molecule has 0 spiro atoms. The van der Waals surface area contributed by atoms with E-state index in [0.717, 1.165) is 17.7 Å². The highest BCUT2D eigenvalue weighted by atomic mass is 32.2. The molecule has 8 heteroatoms. The van der Waals surface area contributed by atoms with Gasteiger partial charge in [0.2, 0.25) is 10.0 Å². The van der Waals surface area contributed by atoms with E-state index in [1.165, 1.54) is 12.1 Å². The number of esters is 1. The molecule has 30 heavy (non-hydrogen) atoms. The van der Waals surface area contributed by atoms with Crippen molar-refractivity contribution in [2.45, 2.75) is 30.2 Å². The van der Waals surface area contributed by atoms with E-state index < -0.39 is 27.8 Å². The molecule has 0 radical (unpaired) electrons. The van der Waals surface area contributed by atoms with Gasteiger partial charge in [0.1, 0.15) is 11.6 Å². The molecule has 0 saturated carbocycles. The number of sulfonamides is 1. The highest BCUT2D eigenvalue weighted by Crippen LogP contribution is 2.36. The largest absolute Gasteiger partial charge is 0.497 e. The van der Waals surface area contributed by atoms with Crippen LogP contribution in [0.5, 0.6) is 5.75 Å². The van der Waals surface area contributed by atoms with Gasteiger partial charge in [0.15, 0.2) is 0 Å². The first kappa shape index (κ1) is 22.0. The average molecular weight is 434 g/mol. The highest BCUT2D eigenvalue weighted by Gasteiger charge is 2.35. The van der Waals surface area contributed by atoms with Gasteiger partial charge >= 0.3 is 5.97 Å². The number of carbonyl (C=O) groups is 1. The lowest BCUT2D eigenvalue weighted by molar-refractivity contribution is -0.146. The Morgan fingerprint density at radius 1 is 1.20 bits per heavy atom. The van der Waals surface area contributed by atoms with Crippen LogP contribution in [-0.2, 0) is 19.6 Å². The lowest BCUT2D eigenvalue weighted by atomic mass is 9.85. The summed E-state index contributed by atoms with van der Waals surface area (Å²) in [6.45, 7) is 1.99. The summed E-state index contributed by atoms with van der Waals surface area (Å²) in [6.07, 6.45) is 3.96. The first-order chi connectivity index (χ1) is 14.3. The molecule has 1 aliphatic rings. The topological polar surface area (TPSA) is 81.7 Å². The number of rotatable bonds is 8. The zero-order chi connectivity index (χ0) is 21.7. The molecule has 160 valence electrons. The fourth-order valence-corrected chi connectivity index (χ4v) is 4.77. The zero-order valence-electron chi connectivity index (χ0n) is 16.7. The average Bonchev–Trinajstić information content (AvgIpc) is 3.16. The maximum Gasteiger partial charge on any atom is 0.314 e. The molecule has 0 aromatic heterocycles. The van der Waals surface area contributed by atoms with E-state index in [1.807, 2.05) is 12.1 Å². The molecule has 0 aliphatic heterocycles. The summed E-state index contributed by atoms with van der Waals surface area (Å²) >= 11 is 0. The highest BCUT2D eigenvalue weighted by molar-refractivity contribution is 7.89. The summed E-state index contributed by atoms with van der Waals surface area (Å²) in [5, 5.41) is 0. The number of hydrogen-bond acceptors (Lipinski definition) is 5. The molecule has 3 rings (SSSR count). The normalized spacial score (nSPS) is 19.4. The van der Waals surface area contributed by atoms with E-state index >= 15 is 0 Å². The van der Waals surface area contributed by atoms with Crippen molar-refractivity contribution < 1.29 is 27.1 Å². The number of hydrogen-bond donors (Lipinski definition) is 1. The SMILES string of the molecule is CCOC(=O)C(c1cccc(OC)c1)C1C=CC(NS(=O)(=O)c2ccc(F)cc2)C1. The van der Waals surface area contributed by atoms with E-state index in [0.29, 0.717) is 12.2 Å². The number of methoxy groups -OCH3 is 1. The van der Waals surface area contributed by atoms with Crippen LogP contribution in [0.2, 0.25) is 0 Å². The molecule has 0 amide bonds. The third kappa shape index (κ3) is 5.06. The van der Waals surface area contributed by atoms with E-state index in [4.69, 9.17) is 9.47 Å². The Balaban J connectivity index is 1.78. The smallest absolute Gasteiger partial charge is 0.314 e. The Morgan fingerprint density at radius 3 is 2.60 bits per heavy atom. The third-order valence-corrected chi connectivity index (χ3v) is 6.47. The monoisotopic (exact) mass is 433 g/mol. The number of benzene rings is 2. The van der Waals surface area contributed by atoms with Crippen LogP contribution >= 0.6 is 0 Å². The van der Waals surface area contributed by atoms with Crippen molar-refractivity contribution >= 4 is 16.0 Å². The summed E-state index contributed by atoms with van der Waals surface area (Å²) < 4.78 is 51.4. The first-order valence-electron chi connectivity index (χ1n) is 9.61. The van der Waals surface area contributed by atoms with Crippen molar-refractivity contribution in [3.63, 3.8) is 0 Å². The van der Waals surface area contributed by atoms with Gasteiger partial charge in [-0.15, -0.1) is 0 Å². The first-order valence-corrected chi connectivity index (χ1v) is 11.1. The van der Waals surface area contributed by atoms with Gasteiger partial charge in [-0.3, -0.25) is 4.79 Å². The van der Waals surface area contributed by atoms with Crippen molar-refractivity contribution in [1.29, 1.82) is 0 Å². The minimum atomic E-state index is -3.82. The van der Waals surface area contributed by atoms with E-state index in [2.05, 4.69) is 4.72 Å². The van der Waals surface area contributed by atoms with Crippen molar-refractivity contribution in [3.8, 4) is 5.75 Å². The lowest BCUT2D eigenvalue weighted by Gasteiger charge is -2.23. The van der Waals surface area contributed by atoms with Gasteiger partial charge in [-0.05, 0) is 61.2 Å². The van der Waals surface area contributed by atoms with Gasteiger partial charge in [-0.25, -0.2) is 17.5 Å². The van der Waals surface area contributed by atoms with Crippen LogP contribution in [0.1, 0.15) is 24.8 Å². The summed E-state index contributed by atoms with van der Waals surface area (Å²) in [5.41, 5.74) is 0.740. The molecule has 1 N–H and O–H groups in total. The molecule has 0 saturated heterocycles. The Hall–Kier alpha value is -2.71. The molecule has 2 aromatic carbocycles. The van der Waals surface area contributed by atoms with Gasteiger partial charge in [-0.1, -0.05) is 24.3 Å². The Labute approximate surface area is 175 Å². The standard InChI is InChI=1S/C22H24FNO5S/c1-3-29-22(25)21(15-5-4-6-19(14-15)28-2)16-7-10-18(13-16)24-30(26,27)20-11-8-17(23)9-12-20/h4-12,14,16,18,21,24H,3,13H2,1-2H3. The number of ether oxygens (including phenoxy) is 2. The van der Waals surface area contributed by atoms with Crippen molar-refractivity contribution in [2.24, 2.45) is 5.92 Å². The molecule has 6 nitrogen and oxygen atoms in total. The fourth-order valence-electron chi connectivity index (χ4n) is 3.57. The Morgan fingerprint density at radius 2 is 1.93 bits per heavy atom. The molecule has 3 unspecified atom stereocenters. The van der Waals surface area contributed by atoms with Crippen LogP contribution < -0.4 is 9.46 Å². The minimum absolute atomic E-state index is 0.0181. The quantitative estimate of drug-likeness (QED) is 0.510. The van der Waals surface area contributed by atoms with Crippen molar-refractivity contribution in [3.05, 3.63) is 72.1 Å². The molecule has 3 atom stereocenters. The number of nitrogens with one attached hydrogen (secondary N) is 1. The van der Waals surface area contributed by atoms with Gasteiger partial charge < -0.3 is 9.47 Å². The maximum atomic E-state index is 13.1. The maximum absolute atomic E-state index is 13.1.